The molecule has 0 unspecified atom stereocenters. The second-order valence-corrected chi connectivity index (χ2v) is 6.31. The van der Waals surface area contributed by atoms with Crippen molar-refractivity contribution in [3.05, 3.63) is 34.2 Å². The fraction of sp³-hybridized carbons (Fsp3) is 0.267. The van der Waals surface area contributed by atoms with Gasteiger partial charge in [-0.05, 0) is 6.07 Å². The monoisotopic (exact) mass is 354 g/mol. The van der Waals surface area contributed by atoms with Gasteiger partial charge in [-0.1, -0.05) is 29.8 Å². The third-order valence-electron chi connectivity index (χ3n) is 2.99. The van der Waals surface area contributed by atoms with Crippen molar-refractivity contribution < 1.29 is 19.1 Å². The fourth-order valence-electron chi connectivity index (χ4n) is 1.73. The maximum absolute atomic E-state index is 12.0. The standard InChI is InChI=1S/C15H15ClN2O4S/c1-18(2)12(20)7-17-11(19)8-22-15(21)14-13(16)9-5-3-4-6-10(9)23-14/h3-6H,7-8H2,1-2H3,(H,17,19). The molecule has 0 aliphatic rings. The van der Waals surface area contributed by atoms with Crippen LogP contribution in [-0.4, -0.2) is 49.9 Å². The van der Waals surface area contributed by atoms with E-state index in [0.29, 0.717) is 5.02 Å². The summed E-state index contributed by atoms with van der Waals surface area (Å²) >= 11 is 7.37. The third kappa shape index (κ3) is 4.20. The molecule has 2 aromatic rings. The lowest BCUT2D eigenvalue weighted by molar-refractivity contribution is -0.131. The highest BCUT2D eigenvalue weighted by Gasteiger charge is 2.19. The van der Waals surface area contributed by atoms with Crippen LogP contribution < -0.4 is 5.32 Å². The minimum atomic E-state index is -0.662. The zero-order chi connectivity index (χ0) is 17.0. The number of hydrogen-bond donors (Lipinski definition) is 1. The zero-order valence-corrected chi connectivity index (χ0v) is 14.2. The molecule has 0 bridgehead atoms. The van der Waals surface area contributed by atoms with Crippen molar-refractivity contribution in [2.45, 2.75) is 0 Å². The van der Waals surface area contributed by atoms with Crippen molar-refractivity contribution in [1.82, 2.24) is 10.2 Å². The number of carbonyl (C=O) groups is 3. The van der Waals surface area contributed by atoms with Gasteiger partial charge in [0.25, 0.3) is 5.91 Å². The van der Waals surface area contributed by atoms with E-state index in [1.165, 1.54) is 16.2 Å². The Balaban J connectivity index is 1.92. The molecule has 0 saturated carbocycles. The number of rotatable bonds is 5. The first kappa shape index (κ1) is 17.2. The second-order valence-electron chi connectivity index (χ2n) is 4.88. The smallest absolute Gasteiger partial charge is 0.350 e. The van der Waals surface area contributed by atoms with E-state index in [-0.39, 0.29) is 17.3 Å². The average molecular weight is 355 g/mol. The molecule has 2 rings (SSSR count). The average Bonchev–Trinajstić information content (AvgIpc) is 2.87. The molecule has 122 valence electrons. The lowest BCUT2D eigenvalue weighted by Gasteiger charge is -2.10. The topological polar surface area (TPSA) is 75.7 Å². The quantitative estimate of drug-likeness (QED) is 0.832. The van der Waals surface area contributed by atoms with E-state index in [9.17, 15) is 14.4 Å². The Morgan fingerprint density at radius 1 is 1.26 bits per heavy atom. The Kier molecular flexibility index (Phi) is 5.57. The van der Waals surface area contributed by atoms with Crippen molar-refractivity contribution in [1.29, 1.82) is 0 Å². The molecule has 0 atom stereocenters. The van der Waals surface area contributed by atoms with Gasteiger partial charge in [0.1, 0.15) is 4.88 Å². The van der Waals surface area contributed by atoms with E-state index >= 15 is 0 Å². The molecule has 0 aliphatic heterocycles. The first-order valence-electron chi connectivity index (χ1n) is 6.71. The van der Waals surface area contributed by atoms with Gasteiger partial charge in [-0.25, -0.2) is 4.79 Å². The van der Waals surface area contributed by atoms with Crippen LogP contribution in [0.25, 0.3) is 10.1 Å². The summed E-state index contributed by atoms with van der Waals surface area (Å²) in [6.45, 7) is -0.614. The largest absolute Gasteiger partial charge is 0.451 e. The molecular formula is C15H15ClN2O4S. The van der Waals surface area contributed by atoms with Crippen LogP contribution in [0.4, 0.5) is 0 Å². The van der Waals surface area contributed by atoms with Gasteiger partial charge >= 0.3 is 5.97 Å². The van der Waals surface area contributed by atoms with Crippen LogP contribution in [-0.2, 0) is 14.3 Å². The molecule has 0 radical (unpaired) electrons. The van der Waals surface area contributed by atoms with Crippen LogP contribution in [0.5, 0.6) is 0 Å². The van der Waals surface area contributed by atoms with Gasteiger partial charge in [-0.3, -0.25) is 9.59 Å². The Hall–Kier alpha value is -2.12. The maximum atomic E-state index is 12.0. The highest BCUT2D eigenvalue weighted by Crippen LogP contribution is 2.35. The summed E-state index contributed by atoms with van der Waals surface area (Å²) in [4.78, 5) is 36.6. The number of esters is 1. The molecule has 0 aliphatic carbocycles. The molecule has 0 spiro atoms. The van der Waals surface area contributed by atoms with Crippen molar-refractivity contribution in [3.63, 3.8) is 0 Å². The SMILES string of the molecule is CN(C)C(=O)CNC(=O)COC(=O)c1sc2ccccc2c1Cl. The summed E-state index contributed by atoms with van der Waals surface area (Å²) < 4.78 is 5.81. The highest BCUT2D eigenvalue weighted by molar-refractivity contribution is 7.21. The Labute approximate surface area is 142 Å². The number of nitrogens with zero attached hydrogens (tertiary/aromatic N) is 1. The number of fused-ring (bicyclic) bond motifs is 1. The summed E-state index contributed by atoms with van der Waals surface area (Å²) in [5.74, 6) is -1.46. The van der Waals surface area contributed by atoms with Crippen LogP contribution in [0.1, 0.15) is 9.67 Å². The molecule has 23 heavy (non-hydrogen) atoms. The fourth-order valence-corrected chi connectivity index (χ4v) is 3.13. The number of carbonyl (C=O) groups excluding carboxylic acids is 3. The van der Waals surface area contributed by atoms with E-state index in [4.69, 9.17) is 16.3 Å². The number of ether oxygens (including phenoxy) is 1. The number of nitrogens with one attached hydrogen (secondary N) is 1. The van der Waals surface area contributed by atoms with Crippen LogP contribution in [0.15, 0.2) is 24.3 Å². The summed E-state index contributed by atoms with van der Waals surface area (Å²) in [5, 5.41) is 3.46. The minimum absolute atomic E-state index is 0.146. The van der Waals surface area contributed by atoms with Crippen molar-refractivity contribution in [2.75, 3.05) is 27.2 Å². The maximum Gasteiger partial charge on any atom is 0.350 e. The van der Waals surface area contributed by atoms with Gasteiger partial charge in [0.2, 0.25) is 5.91 Å². The van der Waals surface area contributed by atoms with Crippen LogP contribution >= 0.6 is 22.9 Å². The number of thiophene rings is 1. The van der Waals surface area contributed by atoms with Gasteiger partial charge in [0.05, 0.1) is 11.6 Å². The Bertz CT molecular complexity index is 757. The van der Waals surface area contributed by atoms with Crippen LogP contribution in [0.2, 0.25) is 5.02 Å². The first-order valence-corrected chi connectivity index (χ1v) is 7.90. The minimum Gasteiger partial charge on any atom is -0.451 e. The summed E-state index contributed by atoms with van der Waals surface area (Å²) in [6.07, 6.45) is 0. The Morgan fingerprint density at radius 3 is 2.61 bits per heavy atom. The molecule has 6 nitrogen and oxygen atoms in total. The molecule has 1 aromatic heterocycles. The third-order valence-corrected chi connectivity index (χ3v) is 4.65. The van der Waals surface area contributed by atoms with Crippen molar-refractivity contribution in [3.8, 4) is 0 Å². The van der Waals surface area contributed by atoms with E-state index < -0.39 is 18.5 Å². The molecule has 1 N–H and O–H groups in total. The molecule has 1 aromatic carbocycles. The van der Waals surface area contributed by atoms with E-state index in [1.54, 1.807) is 14.1 Å². The highest BCUT2D eigenvalue weighted by atomic mass is 35.5. The van der Waals surface area contributed by atoms with Gasteiger partial charge < -0.3 is 15.0 Å². The van der Waals surface area contributed by atoms with Gasteiger partial charge in [0, 0.05) is 24.2 Å². The number of amides is 2. The number of benzene rings is 1. The van der Waals surface area contributed by atoms with Gasteiger partial charge in [-0.15, -0.1) is 11.3 Å². The lowest BCUT2D eigenvalue weighted by Crippen LogP contribution is -2.38. The lowest BCUT2D eigenvalue weighted by atomic mass is 10.2. The van der Waals surface area contributed by atoms with E-state index in [0.717, 1.165) is 10.1 Å². The normalized spacial score (nSPS) is 10.4. The van der Waals surface area contributed by atoms with Crippen molar-refractivity contribution >= 4 is 50.8 Å². The molecule has 0 fully saturated rings. The molecule has 2 amide bonds. The summed E-state index contributed by atoms with van der Waals surface area (Å²) in [6, 6.07) is 7.33. The van der Waals surface area contributed by atoms with E-state index in [1.807, 2.05) is 24.3 Å². The van der Waals surface area contributed by atoms with Gasteiger partial charge in [0.15, 0.2) is 6.61 Å². The van der Waals surface area contributed by atoms with Gasteiger partial charge in [-0.2, -0.15) is 0 Å². The van der Waals surface area contributed by atoms with Crippen LogP contribution in [0.3, 0.4) is 0 Å². The predicted molar refractivity (Wildman–Crippen MR) is 88.8 cm³/mol. The van der Waals surface area contributed by atoms with E-state index in [2.05, 4.69) is 5.32 Å². The van der Waals surface area contributed by atoms with Crippen LogP contribution in [0, 0.1) is 0 Å². The number of likely N-dealkylation sites (N-methyl/N-ethyl adjacent to an activating group) is 1. The number of hydrogen-bond acceptors (Lipinski definition) is 5. The molecule has 1 heterocycles. The summed E-state index contributed by atoms with van der Waals surface area (Å²) in [7, 11) is 3.16. The Morgan fingerprint density at radius 2 is 1.96 bits per heavy atom. The summed E-state index contributed by atoms with van der Waals surface area (Å²) in [5.41, 5.74) is 0. The zero-order valence-electron chi connectivity index (χ0n) is 12.6. The molecule has 8 heteroatoms. The second kappa shape index (κ2) is 7.43. The molecule has 0 saturated heterocycles. The molecular weight excluding hydrogens is 340 g/mol. The predicted octanol–water partition coefficient (Wildman–Crippen LogP) is 1.92. The van der Waals surface area contributed by atoms with Crippen molar-refractivity contribution in [2.24, 2.45) is 0 Å². The first-order chi connectivity index (χ1) is 10.9. The number of halogens is 1.